The Morgan fingerprint density at radius 3 is 2.64 bits per heavy atom. The van der Waals surface area contributed by atoms with Gasteiger partial charge in [0, 0.05) is 19.2 Å². The van der Waals surface area contributed by atoms with Gasteiger partial charge in [0.05, 0.1) is 28.6 Å². The van der Waals surface area contributed by atoms with Crippen LogP contribution in [0.2, 0.25) is 0 Å². The summed E-state index contributed by atoms with van der Waals surface area (Å²) in [6, 6.07) is 9.33. The van der Waals surface area contributed by atoms with Crippen LogP contribution in [0.15, 0.2) is 54.0 Å². The van der Waals surface area contributed by atoms with Gasteiger partial charge in [0.15, 0.2) is 5.82 Å². The monoisotopic (exact) mass is 438 g/mol. The highest BCUT2D eigenvalue weighted by Crippen LogP contribution is 2.39. The molecule has 1 fully saturated rings. The Labute approximate surface area is 189 Å². The highest BCUT2D eigenvalue weighted by Gasteiger charge is 2.26. The SMILES string of the molecule is Cc1cc2ncn(-c3cccc(-c4nnc(C)n4C)n3)c(=O)c2cc1-n1cnc(C2CC2)c1. The van der Waals surface area contributed by atoms with Gasteiger partial charge in [0.1, 0.15) is 23.7 Å². The molecule has 0 spiro atoms. The summed E-state index contributed by atoms with van der Waals surface area (Å²) in [5, 5.41) is 8.84. The van der Waals surface area contributed by atoms with E-state index in [2.05, 4.69) is 31.3 Å². The minimum atomic E-state index is -0.178. The second-order valence-electron chi connectivity index (χ2n) is 8.57. The summed E-state index contributed by atoms with van der Waals surface area (Å²) in [5.74, 6) is 2.48. The van der Waals surface area contributed by atoms with Crippen molar-refractivity contribution in [1.29, 1.82) is 0 Å². The highest BCUT2D eigenvalue weighted by atomic mass is 16.1. The van der Waals surface area contributed by atoms with Gasteiger partial charge in [-0.05, 0) is 56.5 Å². The number of fused-ring (bicyclic) bond motifs is 1. The van der Waals surface area contributed by atoms with Crippen LogP contribution in [0, 0.1) is 13.8 Å². The Balaban J connectivity index is 1.47. The molecule has 4 heterocycles. The summed E-state index contributed by atoms with van der Waals surface area (Å²) in [6.07, 6.45) is 7.81. The van der Waals surface area contributed by atoms with Crippen LogP contribution < -0.4 is 5.56 Å². The molecular formula is C24H22N8O. The third-order valence-electron chi connectivity index (χ3n) is 6.25. The third kappa shape index (κ3) is 3.24. The number of aromatic nitrogens is 8. The Bertz CT molecular complexity index is 1590. The highest BCUT2D eigenvalue weighted by molar-refractivity contribution is 5.81. The number of imidazole rings is 1. The predicted molar refractivity (Wildman–Crippen MR) is 124 cm³/mol. The lowest BCUT2D eigenvalue weighted by Crippen LogP contribution is -2.20. The van der Waals surface area contributed by atoms with Crippen molar-refractivity contribution < 1.29 is 0 Å². The lowest BCUT2D eigenvalue weighted by Gasteiger charge is -2.11. The molecule has 5 aromatic rings. The summed E-state index contributed by atoms with van der Waals surface area (Å²) in [7, 11) is 1.89. The molecule has 0 saturated heterocycles. The number of aryl methyl sites for hydroxylation is 2. The van der Waals surface area contributed by atoms with Crippen molar-refractivity contribution in [1.82, 2.24) is 38.9 Å². The van der Waals surface area contributed by atoms with Crippen LogP contribution in [0.4, 0.5) is 0 Å². The van der Waals surface area contributed by atoms with Gasteiger partial charge in [-0.15, -0.1) is 10.2 Å². The molecule has 164 valence electrons. The van der Waals surface area contributed by atoms with Crippen molar-refractivity contribution in [3.8, 4) is 23.0 Å². The molecule has 0 aliphatic heterocycles. The lowest BCUT2D eigenvalue weighted by atomic mass is 10.1. The van der Waals surface area contributed by atoms with Crippen LogP contribution in [0.1, 0.15) is 35.8 Å². The third-order valence-corrected chi connectivity index (χ3v) is 6.25. The molecule has 1 saturated carbocycles. The van der Waals surface area contributed by atoms with Crippen LogP contribution in [-0.2, 0) is 7.05 Å². The first-order valence-electron chi connectivity index (χ1n) is 10.9. The first-order chi connectivity index (χ1) is 16.0. The first-order valence-corrected chi connectivity index (χ1v) is 10.9. The molecule has 6 rings (SSSR count). The van der Waals surface area contributed by atoms with E-state index in [1.807, 2.05) is 60.6 Å². The first kappa shape index (κ1) is 19.5. The molecule has 1 aliphatic rings. The zero-order chi connectivity index (χ0) is 22.7. The average Bonchev–Trinajstić information content (AvgIpc) is 3.46. The fraction of sp³-hybridized carbons (Fsp3) is 0.250. The smallest absolute Gasteiger partial charge is 0.267 e. The molecule has 0 unspecified atom stereocenters. The average molecular weight is 438 g/mol. The van der Waals surface area contributed by atoms with Gasteiger partial charge in [-0.25, -0.2) is 15.0 Å². The Hall–Kier alpha value is -4.14. The van der Waals surface area contributed by atoms with Gasteiger partial charge in [-0.3, -0.25) is 9.36 Å². The predicted octanol–water partition coefficient (Wildman–Crippen LogP) is 3.26. The van der Waals surface area contributed by atoms with Gasteiger partial charge >= 0.3 is 0 Å². The summed E-state index contributed by atoms with van der Waals surface area (Å²) in [4.78, 5) is 27.3. The molecule has 0 bridgehead atoms. The van der Waals surface area contributed by atoms with Crippen molar-refractivity contribution in [2.75, 3.05) is 0 Å². The van der Waals surface area contributed by atoms with Gasteiger partial charge in [-0.2, -0.15) is 0 Å². The van der Waals surface area contributed by atoms with Crippen LogP contribution in [0.5, 0.6) is 0 Å². The van der Waals surface area contributed by atoms with E-state index in [0.29, 0.717) is 34.2 Å². The molecular weight excluding hydrogens is 416 g/mol. The maximum absolute atomic E-state index is 13.5. The van der Waals surface area contributed by atoms with Crippen molar-refractivity contribution in [2.24, 2.45) is 7.05 Å². The number of pyridine rings is 1. The maximum atomic E-state index is 13.5. The molecule has 0 amide bonds. The second-order valence-corrected chi connectivity index (χ2v) is 8.57. The lowest BCUT2D eigenvalue weighted by molar-refractivity contribution is 0.858. The van der Waals surface area contributed by atoms with E-state index in [9.17, 15) is 4.79 Å². The molecule has 4 aromatic heterocycles. The minimum absolute atomic E-state index is 0.178. The van der Waals surface area contributed by atoms with Crippen molar-refractivity contribution >= 4 is 10.9 Å². The van der Waals surface area contributed by atoms with E-state index in [1.165, 1.54) is 23.7 Å². The number of hydrogen-bond acceptors (Lipinski definition) is 6. The topological polar surface area (TPSA) is 96.3 Å². The second kappa shape index (κ2) is 7.19. The maximum Gasteiger partial charge on any atom is 0.267 e. The minimum Gasteiger partial charge on any atom is -0.313 e. The number of nitrogens with zero attached hydrogens (tertiary/aromatic N) is 8. The van der Waals surface area contributed by atoms with E-state index in [1.54, 1.807) is 6.07 Å². The van der Waals surface area contributed by atoms with E-state index >= 15 is 0 Å². The number of benzene rings is 1. The number of rotatable bonds is 4. The fourth-order valence-corrected chi connectivity index (χ4v) is 4.07. The van der Waals surface area contributed by atoms with Gasteiger partial charge in [-0.1, -0.05) is 6.07 Å². The van der Waals surface area contributed by atoms with E-state index in [0.717, 1.165) is 22.8 Å². The van der Waals surface area contributed by atoms with Crippen LogP contribution in [0.3, 0.4) is 0 Å². The van der Waals surface area contributed by atoms with Crippen LogP contribution >= 0.6 is 0 Å². The van der Waals surface area contributed by atoms with Crippen molar-refractivity contribution in [3.63, 3.8) is 0 Å². The van der Waals surface area contributed by atoms with E-state index < -0.39 is 0 Å². The zero-order valence-electron chi connectivity index (χ0n) is 18.6. The molecule has 1 aliphatic carbocycles. The molecule has 33 heavy (non-hydrogen) atoms. The van der Waals surface area contributed by atoms with E-state index in [4.69, 9.17) is 0 Å². The summed E-state index contributed by atoms with van der Waals surface area (Å²) in [6.45, 7) is 3.90. The molecule has 0 atom stereocenters. The Morgan fingerprint density at radius 2 is 1.88 bits per heavy atom. The van der Waals surface area contributed by atoms with Gasteiger partial charge in [0.2, 0.25) is 0 Å². The summed E-state index contributed by atoms with van der Waals surface area (Å²) in [5.41, 5.74) is 4.18. The van der Waals surface area contributed by atoms with Crippen molar-refractivity contribution in [2.45, 2.75) is 32.6 Å². The molecule has 1 aromatic carbocycles. The molecule has 9 heteroatoms. The van der Waals surface area contributed by atoms with Crippen LogP contribution in [0.25, 0.3) is 33.9 Å². The van der Waals surface area contributed by atoms with E-state index in [-0.39, 0.29) is 5.56 Å². The van der Waals surface area contributed by atoms with Gasteiger partial charge in [0.25, 0.3) is 5.56 Å². The summed E-state index contributed by atoms with van der Waals surface area (Å²) >= 11 is 0. The summed E-state index contributed by atoms with van der Waals surface area (Å²) < 4.78 is 5.33. The fourth-order valence-electron chi connectivity index (χ4n) is 4.07. The van der Waals surface area contributed by atoms with Crippen LogP contribution in [-0.4, -0.2) is 38.9 Å². The molecule has 0 N–H and O–H groups in total. The zero-order valence-corrected chi connectivity index (χ0v) is 18.6. The quantitative estimate of drug-likeness (QED) is 0.427. The number of hydrogen-bond donors (Lipinski definition) is 0. The molecule has 0 radical (unpaired) electrons. The van der Waals surface area contributed by atoms with Gasteiger partial charge < -0.3 is 9.13 Å². The Morgan fingerprint density at radius 1 is 1.03 bits per heavy atom. The standard InChI is InChI=1S/C24H22N8O/c1-14-9-19-17(10-21(14)31-11-20(25-12-31)16-7-8-16)24(33)32(13-26-19)22-6-4-5-18(27-22)23-29-28-15(2)30(23)3/h4-6,9-13,16H,7-8H2,1-3H3. The molecule has 9 nitrogen and oxygen atoms in total. The Kier molecular flexibility index (Phi) is 4.26. The largest absolute Gasteiger partial charge is 0.313 e. The normalized spacial score (nSPS) is 13.7. The van der Waals surface area contributed by atoms with Crippen molar-refractivity contribution in [3.05, 3.63) is 76.6 Å².